The van der Waals surface area contributed by atoms with Crippen LogP contribution in [-0.4, -0.2) is 32.8 Å². The van der Waals surface area contributed by atoms with Gasteiger partial charge >= 0.3 is 0 Å². The number of halogens is 5. The lowest BCUT2D eigenvalue weighted by atomic mass is 10.0. The molecule has 0 N–H and O–H groups in total. The van der Waals surface area contributed by atoms with Crippen LogP contribution in [0, 0.1) is 39.8 Å². The largest absolute Gasteiger partial charge is 0.492 e. The molecule has 5 aromatic rings. The fourth-order valence-corrected chi connectivity index (χ4v) is 5.53. The van der Waals surface area contributed by atoms with Crippen molar-refractivity contribution in [1.29, 1.82) is 15.8 Å². The van der Waals surface area contributed by atoms with Gasteiger partial charge in [-0.3, -0.25) is 9.36 Å². The van der Waals surface area contributed by atoms with Gasteiger partial charge in [0.2, 0.25) is 0 Å². The van der Waals surface area contributed by atoms with Crippen molar-refractivity contribution in [2.24, 2.45) is 14.1 Å². The maximum absolute atomic E-state index is 12.6. The predicted molar refractivity (Wildman–Crippen MR) is 192 cm³/mol. The van der Waals surface area contributed by atoms with Crippen LogP contribution in [-0.2, 0) is 14.1 Å². The van der Waals surface area contributed by atoms with Crippen molar-refractivity contribution >= 4 is 63.7 Å². The normalized spacial score (nSPS) is 9.49. The number of benzene rings is 3. The second-order valence-corrected chi connectivity index (χ2v) is 12.4. The SMILES string of the molecule is CCOc1cccc(-c2c(Br)cnn2C)c1C#N.CCOc1cccc(Br)c1C#N.Cn1cc(Br)cn1.N#Cc1c(F)cccc1Br. The summed E-state index contributed by atoms with van der Waals surface area (Å²) in [7, 11) is 3.72. The van der Waals surface area contributed by atoms with E-state index in [4.69, 9.17) is 20.0 Å². The van der Waals surface area contributed by atoms with Crippen molar-refractivity contribution in [3.05, 3.63) is 114 Å². The first-order valence-electron chi connectivity index (χ1n) is 13.7. The molecule has 0 aliphatic heterocycles. The standard InChI is InChI=1S/C13H12BrN3O.C9H8BrNO.C7H3BrFN.C4H5BrN2/c1-3-18-12-6-4-5-9(10(12)7-15)13-11(14)8-16-17(13)2;1-2-12-9-5-3-4-8(10)7(9)6-11;8-6-2-1-3-7(9)5(6)4-10;1-7-3-4(5)2-6-7/h4-6,8H,3H2,1-2H3;3-5H,2H2,1H3;1-3H;2-3H,1H3. The summed E-state index contributed by atoms with van der Waals surface area (Å²) < 4.78 is 30.0. The third kappa shape index (κ3) is 11.6. The molecule has 0 amide bonds. The van der Waals surface area contributed by atoms with Crippen molar-refractivity contribution in [2.45, 2.75) is 13.8 Å². The molecule has 3 aromatic carbocycles. The maximum atomic E-state index is 12.6. The van der Waals surface area contributed by atoms with Crippen molar-refractivity contribution in [3.8, 4) is 41.0 Å². The highest BCUT2D eigenvalue weighted by Crippen LogP contribution is 2.34. The van der Waals surface area contributed by atoms with Gasteiger partial charge in [-0.2, -0.15) is 26.0 Å². The van der Waals surface area contributed by atoms with E-state index >= 15 is 0 Å². The Morgan fingerprint density at radius 3 is 1.64 bits per heavy atom. The fourth-order valence-electron chi connectivity index (χ4n) is 3.72. The Hall–Kier alpha value is -4.00. The summed E-state index contributed by atoms with van der Waals surface area (Å²) in [5.41, 5.74) is 2.83. The highest BCUT2D eigenvalue weighted by atomic mass is 79.9. The maximum Gasteiger partial charge on any atom is 0.142 e. The average molecular weight is 893 g/mol. The van der Waals surface area contributed by atoms with Gasteiger partial charge in [-0.05, 0) is 108 Å². The molecule has 0 aliphatic carbocycles. The Labute approximate surface area is 306 Å². The van der Waals surface area contributed by atoms with Gasteiger partial charge in [0.15, 0.2) is 0 Å². The lowest BCUT2D eigenvalue weighted by molar-refractivity contribution is 0.339. The second kappa shape index (κ2) is 20.3. The summed E-state index contributed by atoms with van der Waals surface area (Å²) in [6.07, 6.45) is 5.35. The van der Waals surface area contributed by atoms with Crippen LogP contribution in [0.25, 0.3) is 11.3 Å². The van der Waals surface area contributed by atoms with Crippen LogP contribution in [0.4, 0.5) is 4.39 Å². The molecule has 2 heterocycles. The van der Waals surface area contributed by atoms with E-state index in [1.165, 1.54) is 6.07 Å². The number of nitriles is 3. The monoisotopic (exact) mass is 889 g/mol. The molecule has 0 spiro atoms. The van der Waals surface area contributed by atoms with Gasteiger partial charge in [-0.15, -0.1) is 0 Å². The second-order valence-electron chi connectivity index (χ2n) is 8.89. The Morgan fingerprint density at radius 1 is 0.702 bits per heavy atom. The Bertz CT molecular complexity index is 1850. The zero-order valence-electron chi connectivity index (χ0n) is 25.7. The minimum Gasteiger partial charge on any atom is -0.492 e. The number of aryl methyl sites for hydroxylation is 2. The molecule has 5 rings (SSSR count). The zero-order valence-corrected chi connectivity index (χ0v) is 32.0. The molecule has 242 valence electrons. The summed E-state index contributed by atoms with van der Waals surface area (Å²) in [6.45, 7) is 4.89. The molecule has 0 bridgehead atoms. The van der Waals surface area contributed by atoms with Crippen molar-refractivity contribution in [3.63, 3.8) is 0 Å². The molecule has 0 saturated heterocycles. The van der Waals surface area contributed by atoms with Crippen LogP contribution in [0.2, 0.25) is 0 Å². The average Bonchev–Trinajstić information content (AvgIpc) is 3.60. The molecule has 2 aromatic heterocycles. The molecule has 14 heteroatoms. The number of aromatic nitrogens is 4. The zero-order chi connectivity index (χ0) is 34.9. The van der Waals surface area contributed by atoms with Crippen molar-refractivity contribution in [1.82, 2.24) is 19.6 Å². The highest BCUT2D eigenvalue weighted by molar-refractivity contribution is 9.11. The molecular weight excluding hydrogens is 865 g/mol. The lowest BCUT2D eigenvalue weighted by Crippen LogP contribution is -1.99. The Kier molecular flexibility index (Phi) is 16.9. The minimum absolute atomic E-state index is 0.0579. The predicted octanol–water partition coefficient (Wildman–Crippen LogP) is 9.48. The van der Waals surface area contributed by atoms with E-state index in [1.54, 1.807) is 52.1 Å². The summed E-state index contributed by atoms with van der Waals surface area (Å²) in [5, 5.41) is 34.5. The first-order valence-corrected chi connectivity index (χ1v) is 16.8. The van der Waals surface area contributed by atoms with E-state index in [0.717, 1.165) is 24.7 Å². The number of nitrogens with zero attached hydrogens (tertiary/aromatic N) is 7. The molecule has 0 fully saturated rings. The van der Waals surface area contributed by atoms with Crippen molar-refractivity contribution < 1.29 is 13.9 Å². The van der Waals surface area contributed by atoms with Crippen LogP contribution in [0.15, 0.2) is 91.1 Å². The Balaban J connectivity index is 0.000000231. The molecule has 0 aliphatic rings. The van der Waals surface area contributed by atoms with Crippen molar-refractivity contribution in [2.75, 3.05) is 13.2 Å². The molecule has 0 radical (unpaired) electrons. The van der Waals surface area contributed by atoms with E-state index in [1.807, 2.05) is 58.4 Å². The summed E-state index contributed by atoms with van der Waals surface area (Å²) in [4.78, 5) is 0. The number of hydrogen-bond acceptors (Lipinski definition) is 7. The number of hydrogen-bond donors (Lipinski definition) is 0. The van der Waals surface area contributed by atoms with Gasteiger partial charge in [-0.1, -0.05) is 24.3 Å². The number of rotatable bonds is 5. The minimum atomic E-state index is -0.489. The first kappa shape index (κ1) is 39.2. The van der Waals surface area contributed by atoms with Gasteiger partial charge < -0.3 is 9.47 Å². The molecule has 0 saturated carbocycles. The van der Waals surface area contributed by atoms with Gasteiger partial charge in [0.25, 0.3) is 0 Å². The molecule has 0 unspecified atom stereocenters. The summed E-state index contributed by atoms with van der Waals surface area (Å²) in [6, 6.07) is 21.5. The topological polar surface area (TPSA) is 125 Å². The van der Waals surface area contributed by atoms with Gasteiger partial charge in [0, 0.05) is 34.8 Å². The molecule has 0 atom stereocenters. The van der Waals surface area contributed by atoms with Crippen LogP contribution in [0.3, 0.4) is 0 Å². The van der Waals surface area contributed by atoms with E-state index in [-0.39, 0.29) is 5.56 Å². The molecule has 9 nitrogen and oxygen atoms in total. The first-order chi connectivity index (χ1) is 22.5. The highest BCUT2D eigenvalue weighted by Gasteiger charge is 2.16. The van der Waals surface area contributed by atoms with E-state index in [9.17, 15) is 9.65 Å². The molecule has 47 heavy (non-hydrogen) atoms. The van der Waals surface area contributed by atoms with Gasteiger partial charge in [0.1, 0.15) is 52.2 Å². The smallest absolute Gasteiger partial charge is 0.142 e. The van der Waals surface area contributed by atoms with E-state index in [0.29, 0.717) is 40.3 Å². The molecular formula is C33H28Br4FN7O2. The van der Waals surface area contributed by atoms with Crippen LogP contribution >= 0.6 is 63.7 Å². The quantitative estimate of drug-likeness (QED) is 0.172. The van der Waals surface area contributed by atoms with Crippen LogP contribution in [0.5, 0.6) is 11.5 Å². The van der Waals surface area contributed by atoms with Crippen LogP contribution < -0.4 is 9.47 Å². The van der Waals surface area contributed by atoms with E-state index in [2.05, 4.69) is 86.1 Å². The lowest BCUT2D eigenvalue weighted by Gasteiger charge is -2.10. The Morgan fingerprint density at radius 2 is 1.23 bits per heavy atom. The van der Waals surface area contributed by atoms with E-state index < -0.39 is 5.82 Å². The fraction of sp³-hybridized carbons (Fsp3) is 0.182. The summed E-state index contributed by atoms with van der Waals surface area (Å²) >= 11 is 13.0. The van der Waals surface area contributed by atoms with Gasteiger partial charge in [0.05, 0.1) is 40.2 Å². The van der Waals surface area contributed by atoms with Gasteiger partial charge in [-0.25, -0.2) is 4.39 Å². The number of ether oxygens (including phenoxy) is 2. The third-order valence-corrected chi connectivity index (χ3v) is 8.03. The summed E-state index contributed by atoms with van der Waals surface area (Å²) in [5.74, 6) is 0.747. The van der Waals surface area contributed by atoms with Crippen LogP contribution in [0.1, 0.15) is 30.5 Å². The third-order valence-electron chi connectivity index (χ3n) is 5.72.